The van der Waals surface area contributed by atoms with Crippen LogP contribution in [0.4, 0.5) is 0 Å². The Morgan fingerprint density at radius 1 is 1.00 bits per heavy atom. The molecule has 2 aromatic carbocycles. The molecule has 0 saturated carbocycles. The van der Waals surface area contributed by atoms with E-state index in [2.05, 4.69) is 39.9 Å². The van der Waals surface area contributed by atoms with Gasteiger partial charge in [-0.2, -0.15) is 0 Å². The predicted octanol–water partition coefficient (Wildman–Crippen LogP) is 4.12. The van der Waals surface area contributed by atoms with E-state index in [0.29, 0.717) is 13.2 Å². The van der Waals surface area contributed by atoms with E-state index < -0.39 is 6.10 Å². The van der Waals surface area contributed by atoms with Crippen molar-refractivity contribution in [3.8, 4) is 5.75 Å². The first-order chi connectivity index (χ1) is 14.7. The maximum atomic E-state index is 10.7. The Kier molecular flexibility index (Phi) is 8.51. The Labute approximate surface area is 179 Å². The summed E-state index contributed by atoms with van der Waals surface area (Å²) in [4.78, 5) is 2.30. The lowest BCUT2D eigenvalue weighted by Gasteiger charge is -2.26. The Hall–Kier alpha value is -2.60. The maximum Gasteiger partial charge on any atom is 0.119 e. The van der Waals surface area contributed by atoms with E-state index in [1.165, 1.54) is 11.3 Å². The summed E-state index contributed by atoms with van der Waals surface area (Å²) in [5.74, 6) is 0.869. The number of rotatable bonds is 12. The molecular formula is C25H32N2O3. The van der Waals surface area contributed by atoms with Crippen molar-refractivity contribution in [1.82, 2.24) is 9.47 Å². The van der Waals surface area contributed by atoms with Gasteiger partial charge < -0.3 is 19.1 Å². The van der Waals surface area contributed by atoms with Crippen molar-refractivity contribution in [1.29, 1.82) is 0 Å². The molecule has 0 bridgehead atoms. The molecule has 30 heavy (non-hydrogen) atoms. The quantitative estimate of drug-likeness (QED) is 0.458. The van der Waals surface area contributed by atoms with Gasteiger partial charge in [-0.3, -0.25) is 4.90 Å². The summed E-state index contributed by atoms with van der Waals surface area (Å²) in [6.45, 7) is 3.71. The van der Waals surface area contributed by atoms with Crippen LogP contribution >= 0.6 is 0 Å². The van der Waals surface area contributed by atoms with Gasteiger partial charge in [0.05, 0.1) is 13.2 Å². The van der Waals surface area contributed by atoms with Gasteiger partial charge in [0.1, 0.15) is 5.75 Å². The molecule has 5 nitrogen and oxygen atoms in total. The first kappa shape index (κ1) is 22.1. The average Bonchev–Trinajstić information content (AvgIpc) is 3.21. The van der Waals surface area contributed by atoms with Crippen molar-refractivity contribution in [2.45, 2.75) is 25.6 Å². The number of methoxy groups -OCH3 is 2. The minimum Gasteiger partial charge on any atom is -0.497 e. The molecule has 1 heterocycles. The Morgan fingerprint density at radius 3 is 2.60 bits per heavy atom. The molecule has 1 atom stereocenters. The zero-order chi connectivity index (χ0) is 21.2. The fraction of sp³-hybridized carbons (Fsp3) is 0.360. The third kappa shape index (κ3) is 6.46. The first-order valence-corrected chi connectivity index (χ1v) is 10.4. The van der Waals surface area contributed by atoms with Crippen LogP contribution in [-0.4, -0.2) is 48.5 Å². The van der Waals surface area contributed by atoms with E-state index in [4.69, 9.17) is 9.47 Å². The lowest BCUT2D eigenvalue weighted by Crippen LogP contribution is -2.31. The number of benzene rings is 2. The van der Waals surface area contributed by atoms with Gasteiger partial charge in [0, 0.05) is 51.8 Å². The van der Waals surface area contributed by atoms with Gasteiger partial charge in [0.2, 0.25) is 0 Å². The molecule has 0 aliphatic heterocycles. The molecule has 0 amide bonds. The Morgan fingerprint density at radius 2 is 1.83 bits per heavy atom. The lowest BCUT2D eigenvalue weighted by molar-refractivity contribution is 0.0983. The van der Waals surface area contributed by atoms with Crippen molar-refractivity contribution in [2.75, 3.05) is 33.9 Å². The Balaban J connectivity index is 1.70. The summed E-state index contributed by atoms with van der Waals surface area (Å²) >= 11 is 0. The minimum absolute atomic E-state index is 0.518. The van der Waals surface area contributed by atoms with Gasteiger partial charge in [-0.1, -0.05) is 42.5 Å². The second-order valence-corrected chi connectivity index (χ2v) is 7.49. The van der Waals surface area contributed by atoms with Crippen LogP contribution in [0.1, 0.15) is 29.3 Å². The second-order valence-electron chi connectivity index (χ2n) is 7.49. The third-order valence-corrected chi connectivity index (χ3v) is 5.23. The standard InChI is InChI=1S/C25H32N2O3/c1-29-16-8-14-26(20-25(28)22-10-4-3-5-11-22)19-23-12-7-15-27(23)18-21-9-6-13-24(17-21)30-2/h3-7,9-13,15,17,25,28H,8,14,16,18-20H2,1-2H3. The fourth-order valence-electron chi connectivity index (χ4n) is 3.64. The molecule has 0 aliphatic rings. The van der Waals surface area contributed by atoms with Crippen molar-refractivity contribution in [3.63, 3.8) is 0 Å². The molecule has 1 unspecified atom stereocenters. The SMILES string of the molecule is COCCCN(Cc1cccn1Cc1cccc(OC)c1)CC(O)c1ccccc1. The van der Waals surface area contributed by atoms with Gasteiger partial charge in [-0.15, -0.1) is 0 Å². The molecule has 0 radical (unpaired) electrons. The van der Waals surface area contributed by atoms with Gasteiger partial charge in [-0.25, -0.2) is 0 Å². The number of aliphatic hydroxyl groups excluding tert-OH is 1. The Bertz CT molecular complexity index is 879. The highest BCUT2D eigenvalue weighted by molar-refractivity contribution is 5.29. The van der Waals surface area contributed by atoms with Crippen LogP contribution in [-0.2, 0) is 17.8 Å². The van der Waals surface area contributed by atoms with Crippen LogP contribution in [0.15, 0.2) is 72.9 Å². The molecule has 3 aromatic rings. The molecule has 0 saturated heterocycles. The summed E-state index contributed by atoms with van der Waals surface area (Å²) in [5, 5.41) is 10.7. The molecule has 160 valence electrons. The number of hydrogen-bond donors (Lipinski definition) is 1. The average molecular weight is 409 g/mol. The van der Waals surface area contributed by atoms with Crippen LogP contribution in [0.2, 0.25) is 0 Å². The number of aliphatic hydroxyl groups is 1. The van der Waals surface area contributed by atoms with Crippen molar-refractivity contribution < 1.29 is 14.6 Å². The van der Waals surface area contributed by atoms with Gasteiger partial charge in [0.25, 0.3) is 0 Å². The largest absolute Gasteiger partial charge is 0.497 e. The zero-order valence-corrected chi connectivity index (χ0v) is 17.9. The monoisotopic (exact) mass is 408 g/mol. The summed E-state index contributed by atoms with van der Waals surface area (Å²) < 4.78 is 12.8. The van der Waals surface area contributed by atoms with Crippen LogP contribution in [0, 0.1) is 0 Å². The first-order valence-electron chi connectivity index (χ1n) is 10.4. The number of nitrogens with zero attached hydrogens (tertiary/aromatic N) is 2. The molecule has 0 fully saturated rings. The predicted molar refractivity (Wildman–Crippen MR) is 120 cm³/mol. The summed E-state index contributed by atoms with van der Waals surface area (Å²) in [5.41, 5.74) is 3.36. The van der Waals surface area contributed by atoms with E-state index in [-0.39, 0.29) is 0 Å². The second kappa shape index (κ2) is 11.6. The smallest absolute Gasteiger partial charge is 0.119 e. The van der Waals surface area contributed by atoms with Crippen LogP contribution in [0.3, 0.4) is 0 Å². The maximum absolute atomic E-state index is 10.7. The topological polar surface area (TPSA) is 46.9 Å². The molecule has 5 heteroatoms. The highest BCUT2D eigenvalue weighted by Crippen LogP contribution is 2.18. The molecule has 0 aliphatic carbocycles. The van der Waals surface area contributed by atoms with Gasteiger partial charge >= 0.3 is 0 Å². The van der Waals surface area contributed by atoms with Crippen LogP contribution < -0.4 is 4.74 Å². The van der Waals surface area contributed by atoms with E-state index in [1.54, 1.807) is 14.2 Å². The van der Waals surface area contributed by atoms with E-state index >= 15 is 0 Å². The third-order valence-electron chi connectivity index (χ3n) is 5.23. The normalized spacial score (nSPS) is 12.3. The van der Waals surface area contributed by atoms with Crippen molar-refractivity contribution >= 4 is 0 Å². The minimum atomic E-state index is -0.518. The number of hydrogen-bond acceptors (Lipinski definition) is 4. The van der Waals surface area contributed by atoms with Crippen LogP contribution in [0.25, 0.3) is 0 Å². The summed E-state index contributed by atoms with van der Waals surface area (Å²) in [6.07, 6.45) is 2.51. The zero-order valence-electron chi connectivity index (χ0n) is 17.9. The van der Waals surface area contributed by atoms with E-state index in [0.717, 1.165) is 37.4 Å². The number of ether oxygens (including phenoxy) is 2. The molecule has 3 rings (SSSR count). The van der Waals surface area contributed by atoms with Crippen molar-refractivity contribution in [2.24, 2.45) is 0 Å². The highest BCUT2D eigenvalue weighted by atomic mass is 16.5. The lowest BCUT2D eigenvalue weighted by atomic mass is 10.1. The van der Waals surface area contributed by atoms with Crippen molar-refractivity contribution in [3.05, 3.63) is 89.7 Å². The van der Waals surface area contributed by atoms with Gasteiger partial charge in [-0.05, 0) is 41.8 Å². The molecular weight excluding hydrogens is 376 g/mol. The van der Waals surface area contributed by atoms with Crippen LogP contribution in [0.5, 0.6) is 5.75 Å². The molecule has 1 aromatic heterocycles. The van der Waals surface area contributed by atoms with Gasteiger partial charge in [0.15, 0.2) is 0 Å². The van der Waals surface area contributed by atoms with E-state index in [1.807, 2.05) is 42.5 Å². The molecule has 0 spiro atoms. The summed E-state index contributed by atoms with van der Waals surface area (Å²) in [7, 11) is 3.42. The molecule has 1 N–H and O–H groups in total. The summed E-state index contributed by atoms with van der Waals surface area (Å²) in [6, 6.07) is 22.2. The van der Waals surface area contributed by atoms with E-state index in [9.17, 15) is 5.11 Å². The fourth-order valence-corrected chi connectivity index (χ4v) is 3.64. The number of aromatic nitrogens is 1. The highest BCUT2D eigenvalue weighted by Gasteiger charge is 2.15.